The van der Waals surface area contributed by atoms with Crippen molar-refractivity contribution in [3.8, 4) is 11.5 Å². The fourth-order valence-electron chi connectivity index (χ4n) is 3.17. The van der Waals surface area contributed by atoms with E-state index in [1.165, 1.54) is 25.2 Å². The lowest BCUT2D eigenvalue weighted by Crippen LogP contribution is -2.29. The Morgan fingerprint density at radius 1 is 1.14 bits per heavy atom. The second-order valence-electron chi connectivity index (χ2n) is 6.51. The third-order valence-corrected chi connectivity index (χ3v) is 4.68. The molecule has 2 aromatic rings. The Bertz CT molecular complexity index is 933. The molecule has 0 saturated carbocycles. The topological polar surface area (TPSA) is 67.9 Å². The Labute approximate surface area is 161 Å². The number of hydrogen-bond donors (Lipinski definition) is 1. The number of hydrogen-bond acceptors (Lipinski definition) is 4. The molecule has 1 aliphatic rings. The highest BCUT2D eigenvalue weighted by Crippen LogP contribution is 2.34. The minimum atomic E-state index is -0.842. The highest BCUT2D eigenvalue weighted by Gasteiger charge is 2.36. The summed E-state index contributed by atoms with van der Waals surface area (Å²) in [6.45, 7) is 1.82. The predicted octanol–water partition coefficient (Wildman–Crippen LogP) is 3.28. The fraction of sp³-hybridized carbons (Fsp3) is 0.300. The van der Waals surface area contributed by atoms with Gasteiger partial charge in [0.2, 0.25) is 11.8 Å². The van der Waals surface area contributed by atoms with Gasteiger partial charge in [0, 0.05) is 30.8 Å². The van der Waals surface area contributed by atoms with E-state index in [1.807, 2.05) is 0 Å². The summed E-state index contributed by atoms with van der Waals surface area (Å²) >= 11 is 0. The molecule has 1 atom stereocenters. The van der Waals surface area contributed by atoms with Crippen LogP contribution in [0.25, 0.3) is 0 Å². The van der Waals surface area contributed by atoms with Gasteiger partial charge >= 0.3 is 0 Å². The van der Waals surface area contributed by atoms with E-state index in [0.717, 1.165) is 11.6 Å². The number of nitrogens with one attached hydrogen (secondary N) is 1. The van der Waals surface area contributed by atoms with Crippen molar-refractivity contribution in [1.82, 2.24) is 0 Å². The molecular weight excluding hydrogens is 370 g/mol. The first kappa shape index (κ1) is 19.6. The molecule has 0 spiro atoms. The van der Waals surface area contributed by atoms with Crippen LogP contribution in [0.3, 0.4) is 0 Å². The van der Waals surface area contributed by atoms with E-state index in [-0.39, 0.29) is 24.6 Å². The number of nitrogens with zero attached hydrogens (tertiary/aromatic N) is 1. The van der Waals surface area contributed by atoms with Gasteiger partial charge in [-0.25, -0.2) is 8.78 Å². The summed E-state index contributed by atoms with van der Waals surface area (Å²) in [7, 11) is 3.01. The normalized spacial score (nSPS) is 16.2. The van der Waals surface area contributed by atoms with E-state index in [1.54, 1.807) is 19.1 Å². The maximum Gasteiger partial charge on any atom is 0.229 e. The minimum absolute atomic E-state index is 0.0134. The molecule has 1 heterocycles. The minimum Gasteiger partial charge on any atom is -0.493 e. The summed E-state index contributed by atoms with van der Waals surface area (Å²) in [6, 6.07) is 6.35. The summed E-state index contributed by atoms with van der Waals surface area (Å²) < 4.78 is 37.6. The molecule has 28 heavy (non-hydrogen) atoms. The Morgan fingerprint density at radius 3 is 2.46 bits per heavy atom. The highest BCUT2D eigenvalue weighted by atomic mass is 19.1. The highest BCUT2D eigenvalue weighted by molar-refractivity contribution is 6.03. The van der Waals surface area contributed by atoms with Crippen LogP contribution in [0.1, 0.15) is 12.0 Å². The summed E-state index contributed by atoms with van der Waals surface area (Å²) in [6.07, 6.45) is -0.0605. The van der Waals surface area contributed by atoms with Crippen LogP contribution in [0.15, 0.2) is 30.3 Å². The van der Waals surface area contributed by atoms with Crippen LogP contribution >= 0.6 is 0 Å². The van der Waals surface area contributed by atoms with Gasteiger partial charge in [-0.2, -0.15) is 0 Å². The summed E-state index contributed by atoms with van der Waals surface area (Å²) in [5.41, 5.74) is 1.25. The molecule has 0 radical (unpaired) electrons. The zero-order chi connectivity index (χ0) is 20.4. The molecular formula is C20H20F2N2O4. The van der Waals surface area contributed by atoms with E-state index < -0.39 is 23.5 Å². The number of anilines is 2. The second kappa shape index (κ2) is 7.84. The Hall–Kier alpha value is -3.16. The molecule has 1 N–H and O–H groups in total. The third-order valence-electron chi connectivity index (χ3n) is 4.68. The van der Waals surface area contributed by atoms with Crippen LogP contribution in [0.5, 0.6) is 11.5 Å². The van der Waals surface area contributed by atoms with E-state index >= 15 is 0 Å². The number of benzene rings is 2. The maximum atomic E-state index is 14.0. The summed E-state index contributed by atoms with van der Waals surface area (Å²) in [5, 5.41) is 2.79. The molecule has 8 heteroatoms. The smallest absolute Gasteiger partial charge is 0.229 e. The molecule has 2 amide bonds. The lowest BCUT2D eigenvalue weighted by Gasteiger charge is -2.18. The van der Waals surface area contributed by atoms with Crippen molar-refractivity contribution in [1.29, 1.82) is 0 Å². The van der Waals surface area contributed by atoms with Crippen molar-refractivity contribution in [3.63, 3.8) is 0 Å². The van der Waals surface area contributed by atoms with E-state index in [4.69, 9.17) is 9.47 Å². The standard InChI is InChI=1S/C20H20F2N2O4/c1-11-6-17(27-2)18(28-3)9-15(11)23-20(26)12-7-19(25)24(10-12)16-5-4-13(21)8-14(16)22/h4-6,8-9,12H,7,10H2,1-3H3,(H,23,26). The van der Waals surface area contributed by atoms with Crippen molar-refractivity contribution in [2.24, 2.45) is 5.92 Å². The monoisotopic (exact) mass is 390 g/mol. The number of halogens is 2. The van der Waals surface area contributed by atoms with Crippen molar-refractivity contribution in [2.75, 3.05) is 31.0 Å². The molecule has 1 fully saturated rings. The van der Waals surface area contributed by atoms with Gasteiger partial charge in [0.25, 0.3) is 0 Å². The van der Waals surface area contributed by atoms with Crippen molar-refractivity contribution >= 4 is 23.2 Å². The number of ether oxygens (including phenoxy) is 2. The van der Waals surface area contributed by atoms with Gasteiger partial charge in [0.05, 0.1) is 25.8 Å². The van der Waals surface area contributed by atoms with Crippen LogP contribution in [-0.4, -0.2) is 32.6 Å². The van der Waals surface area contributed by atoms with Crippen molar-refractivity contribution in [3.05, 3.63) is 47.5 Å². The van der Waals surface area contributed by atoms with Crippen molar-refractivity contribution in [2.45, 2.75) is 13.3 Å². The number of carbonyl (C=O) groups is 2. The average molecular weight is 390 g/mol. The summed E-state index contributed by atoms with van der Waals surface area (Å²) in [5.74, 6) is -2.00. The molecule has 3 rings (SSSR count). The van der Waals surface area contributed by atoms with Gasteiger partial charge in [-0.1, -0.05) is 0 Å². The predicted molar refractivity (Wildman–Crippen MR) is 99.7 cm³/mol. The van der Waals surface area contributed by atoms with E-state index in [0.29, 0.717) is 23.3 Å². The summed E-state index contributed by atoms with van der Waals surface area (Å²) in [4.78, 5) is 26.1. The van der Waals surface area contributed by atoms with Crippen LogP contribution in [-0.2, 0) is 9.59 Å². The molecule has 6 nitrogen and oxygen atoms in total. The molecule has 0 bridgehead atoms. The number of aryl methyl sites for hydroxylation is 1. The molecule has 1 unspecified atom stereocenters. The quantitative estimate of drug-likeness (QED) is 0.851. The third kappa shape index (κ3) is 3.76. The largest absolute Gasteiger partial charge is 0.493 e. The average Bonchev–Trinajstić information content (AvgIpc) is 3.04. The van der Waals surface area contributed by atoms with Gasteiger partial charge in [-0.15, -0.1) is 0 Å². The van der Waals surface area contributed by atoms with Gasteiger partial charge in [-0.05, 0) is 30.7 Å². The molecule has 0 aliphatic carbocycles. The van der Waals surface area contributed by atoms with Crippen molar-refractivity contribution < 1.29 is 27.8 Å². The number of carbonyl (C=O) groups excluding carboxylic acids is 2. The molecule has 1 aliphatic heterocycles. The number of rotatable bonds is 5. The molecule has 148 valence electrons. The molecule has 2 aromatic carbocycles. The number of methoxy groups -OCH3 is 2. The lowest BCUT2D eigenvalue weighted by molar-refractivity contribution is -0.122. The van der Waals surface area contributed by atoms with E-state index in [9.17, 15) is 18.4 Å². The SMILES string of the molecule is COc1cc(C)c(NC(=O)C2CC(=O)N(c3ccc(F)cc3F)C2)cc1OC. The zero-order valence-corrected chi connectivity index (χ0v) is 15.7. The Kier molecular flexibility index (Phi) is 5.48. The fourth-order valence-corrected chi connectivity index (χ4v) is 3.17. The Morgan fingerprint density at radius 2 is 1.82 bits per heavy atom. The molecule has 0 aromatic heterocycles. The molecule has 1 saturated heterocycles. The number of amides is 2. The van der Waals surface area contributed by atoms with Crippen LogP contribution < -0.4 is 19.7 Å². The van der Waals surface area contributed by atoms with Gasteiger partial charge in [0.15, 0.2) is 11.5 Å². The second-order valence-corrected chi connectivity index (χ2v) is 6.51. The first-order chi connectivity index (χ1) is 13.3. The van der Waals surface area contributed by atoms with Gasteiger partial charge in [0.1, 0.15) is 11.6 Å². The van der Waals surface area contributed by atoms with Crippen LogP contribution in [0.2, 0.25) is 0 Å². The first-order valence-electron chi connectivity index (χ1n) is 8.63. The first-order valence-corrected chi connectivity index (χ1v) is 8.63. The van der Waals surface area contributed by atoms with Gasteiger partial charge in [-0.3, -0.25) is 9.59 Å². The maximum absolute atomic E-state index is 14.0. The Balaban J connectivity index is 1.77. The zero-order valence-electron chi connectivity index (χ0n) is 15.7. The van der Waals surface area contributed by atoms with Gasteiger partial charge < -0.3 is 19.7 Å². The van der Waals surface area contributed by atoms with Crippen LogP contribution in [0, 0.1) is 24.5 Å². The van der Waals surface area contributed by atoms with Crippen LogP contribution in [0.4, 0.5) is 20.2 Å². The lowest BCUT2D eigenvalue weighted by atomic mass is 10.1. The van der Waals surface area contributed by atoms with E-state index in [2.05, 4.69) is 5.32 Å².